The Balaban J connectivity index is 1.41. The summed E-state index contributed by atoms with van der Waals surface area (Å²) in [5.41, 5.74) is 1.07. The van der Waals surface area contributed by atoms with Crippen LogP contribution >= 0.6 is 0 Å². The van der Waals surface area contributed by atoms with Crippen LogP contribution in [0.5, 0.6) is 11.5 Å². The number of halogens is 1. The van der Waals surface area contributed by atoms with Gasteiger partial charge >= 0.3 is 6.09 Å². The molecule has 2 N–H and O–H groups in total. The van der Waals surface area contributed by atoms with Crippen molar-refractivity contribution < 1.29 is 28.9 Å². The van der Waals surface area contributed by atoms with Crippen molar-refractivity contribution in [1.29, 1.82) is 0 Å². The second-order valence-electron chi connectivity index (χ2n) is 8.12. The first-order chi connectivity index (χ1) is 16.5. The summed E-state index contributed by atoms with van der Waals surface area (Å²) < 4.78 is 24.9. The molecule has 6 nitrogen and oxygen atoms in total. The zero-order valence-corrected chi connectivity index (χ0v) is 18.0. The SMILES string of the molecule is O=C1OC(C(O)COc2ccc3ccccc3c2)[C@@H](c2ccc(O)cc2)N1c1ccc(F)cc1. The fourth-order valence-electron chi connectivity index (χ4n) is 4.20. The second-order valence-corrected chi connectivity index (χ2v) is 8.12. The quantitative estimate of drug-likeness (QED) is 0.415. The average Bonchev–Trinajstić information content (AvgIpc) is 3.20. The van der Waals surface area contributed by atoms with Crippen molar-refractivity contribution in [2.45, 2.75) is 18.2 Å². The number of phenols is 1. The Morgan fingerprint density at radius 3 is 2.38 bits per heavy atom. The van der Waals surface area contributed by atoms with Gasteiger partial charge in [0.05, 0.1) is 0 Å². The standard InChI is InChI=1S/C27H22FNO5/c28-20-8-10-21(11-9-20)29-25(18-5-12-22(30)13-6-18)26(34-27(29)32)24(31)16-33-23-14-7-17-3-1-2-4-19(17)15-23/h1-15,24-26,30-31H,16H2/t24?,25-,26?/m1/s1. The zero-order valence-electron chi connectivity index (χ0n) is 18.0. The average molecular weight is 459 g/mol. The number of carbonyl (C=O) groups excluding carboxylic acids is 1. The molecule has 34 heavy (non-hydrogen) atoms. The molecule has 2 unspecified atom stereocenters. The highest BCUT2D eigenvalue weighted by atomic mass is 19.1. The highest BCUT2D eigenvalue weighted by molar-refractivity contribution is 5.91. The molecule has 1 saturated heterocycles. The summed E-state index contributed by atoms with van der Waals surface area (Å²) >= 11 is 0. The first-order valence-corrected chi connectivity index (χ1v) is 10.8. The summed E-state index contributed by atoms with van der Waals surface area (Å²) in [6.45, 7) is -0.109. The molecule has 7 heteroatoms. The number of cyclic esters (lactones) is 1. The summed E-state index contributed by atoms with van der Waals surface area (Å²) in [5, 5.41) is 22.8. The minimum atomic E-state index is -1.15. The van der Waals surface area contributed by atoms with Gasteiger partial charge in [0.2, 0.25) is 0 Å². The van der Waals surface area contributed by atoms with E-state index in [1.807, 2.05) is 42.5 Å². The maximum absolute atomic E-state index is 13.5. The van der Waals surface area contributed by atoms with Gasteiger partial charge in [-0.2, -0.15) is 0 Å². The van der Waals surface area contributed by atoms with Gasteiger partial charge in [0.1, 0.15) is 36.1 Å². The van der Waals surface area contributed by atoms with Gasteiger partial charge in [0.25, 0.3) is 0 Å². The lowest BCUT2D eigenvalue weighted by molar-refractivity contribution is -0.00643. The number of aromatic hydroxyl groups is 1. The van der Waals surface area contributed by atoms with Crippen LogP contribution in [0.2, 0.25) is 0 Å². The molecule has 1 amide bonds. The Labute approximate surface area is 195 Å². The number of phenolic OH excluding ortho intramolecular Hbond substituents is 1. The fraction of sp³-hybridized carbons (Fsp3) is 0.148. The Hall–Kier alpha value is -4.10. The van der Waals surface area contributed by atoms with Crippen molar-refractivity contribution in [2.75, 3.05) is 11.5 Å². The highest BCUT2D eigenvalue weighted by Gasteiger charge is 2.47. The van der Waals surface area contributed by atoms with Crippen LogP contribution in [-0.2, 0) is 4.74 Å². The van der Waals surface area contributed by atoms with Crippen molar-refractivity contribution in [3.8, 4) is 11.5 Å². The minimum Gasteiger partial charge on any atom is -0.508 e. The lowest BCUT2D eigenvalue weighted by atomic mass is 9.96. The molecule has 1 aliphatic heterocycles. The molecule has 0 aromatic heterocycles. The van der Waals surface area contributed by atoms with Gasteiger partial charge in [-0.15, -0.1) is 0 Å². The normalized spacial score (nSPS) is 18.6. The molecule has 172 valence electrons. The van der Waals surface area contributed by atoms with Gasteiger partial charge in [-0.1, -0.05) is 42.5 Å². The lowest BCUT2D eigenvalue weighted by Crippen LogP contribution is -2.38. The third-order valence-electron chi connectivity index (χ3n) is 5.88. The molecule has 0 spiro atoms. The maximum atomic E-state index is 13.5. The van der Waals surface area contributed by atoms with Crippen LogP contribution in [0.1, 0.15) is 11.6 Å². The van der Waals surface area contributed by atoms with Crippen LogP contribution in [0.25, 0.3) is 10.8 Å². The molecule has 1 heterocycles. The fourth-order valence-corrected chi connectivity index (χ4v) is 4.20. The number of nitrogens with zero attached hydrogens (tertiary/aromatic N) is 1. The number of anilines is 1. The molecule has 0 aliphatic carbocycles. The summed E-state index contributed by atoms with van der Waals surface area (Å²) in [7, 11) is 0. The molecule has 0 bridgehead atoms. The van der Waals surface area contributed by atoms with Gasteiger partial charge in [-0.05, 0) is 64.9 Å². The summed E-state index contributed by atoms with van der Waals surface area (Å²) in [5.74, 6) is 0.218. The molecule has 5 rings (SSSR count). The number of benzene rings is 4. The summed E-state index contributed by atoms with van der Waals surface area (Å²) in [6, 6.07) is 24.5. The molecule has 1 aliphatic rings. The summed E-state index contributed by atoms with van der Waals surface area (Å²) in [4.78, 5) is 14.2. The van der Waals surface area contributed by atoms with Crippen LogP contribution in [0.15, 0.2) is 91.0 Å². The van der Waals surface area contributed by atoms with E-state index >= 15 is 0 Å². The number of hydrogen-bond donors (Lipinski definition) is 2. The first-order valence-electron chi connectivity index (χ1n) is 10.8. The molecule has 3 atom stereocenters. The van der Waals surface area contributed by atoms with Crippen molar-refractivity contribution in [1.82, 2.24) is 0 Å². The maximum Gasteiger partial charge on any atom is 0.415 e. The summed E-state index contributed by atoms with van der Waals surface area (Å²) in [6.07, 6.45) is -2.78. The predicted molar refractivity (Wildman–Crippen MR) is 125 cm³/mol. The molecular weight excluding hydrogens is 437 g/mol. The predicted octanol–water partition coefficient (Wildman–Crippen LogP) is 5.19. The Morgan fingerprint density at radius 1 is 0.941 bits per heavy atom. The van der Waals surface area contributed by atoms with E-state index in [-0.39, 0.29) is 12.4 Å². The number of hydrogen-bond acceptors (Lipinski definition) is 5. The molecular formula is C27H22FNO5. The van der Waals surface area contributed by atoms with Gasteiger partial charge in [0.15, 0.2) is 6.10 Å². The highest BCUT2D eigenvalue weighted by Crippen LogP contribution is 2.39. The van der Waals surface area contributed by atoms with Crippen molar-refractivity contribution >= 4 is 22.6 Å². The largest absolute Gasteiger partial charge is 0.508 e. The van der Waals surface area contributed by atoms with E-state index in [1.54, 1.807) is 12.1 Å². The third kappa shape index (κ3) is 4.25. The third-order valence-corrected chi connectivity index (χ3v) is 5.88. The van der Waals surface area contributed by atoms with Crippen LogP contribution < -0.4 is 9.64 Å². The second kappa shape index (κ2) is 9.03. The number of rotatable bonds is 6. The van der Waals surface area contributed by atoms with Crippen molar-refractivity contribution in [3.05, 3.63) is 102 Å². The molecule has 4 aromatic carbocycles. The Bertz CT molecular complexity index is 1310. The lowest BCUT2D eigenvalue weighted by Gasteiger charge is -2.27. The molecule has 1 fully saturated rings. The molecule has 0 saturated carbocycles. The topological polar surface area (TPSA) is 79.2 Å². The van der Waals surface area contributed by atoms with Crippen LogP contribution in [0.4, 0.5) is 14.9 Å². The monoisotopic (exact) mass is 459 g/mol. The number of amides is 1. The minimum absolute atomic E-state index is 0.0686. The van der Waals surface area contributed by atoms with Crippen LogP contribution in [0, 0.1) is 5.82 Å². The number of aliphatic hydroxyl groups is 1. The number of carbonyl (C=O) groups is 1. The number of ether oxygens (including phenoxy) is 2. The van der Waals surface area contributed by atoms with Crippen molar-refractivity contribution in [3.63, 3.8) is 0 Å². The number of fused-ring (bicyclic) bond motifs is 1. The van der Waals surface area contributed by atoms with Gasteiger partial charge in [0, 0.05) is 5.69 Å². The van der Waals surface area contributed by atoms with Crippen LogP contribution in [0.3, 0.4) is 0 Å². The van der Waals surface area contributed by atoms with E-state index in [0.29, 0.717) is 17.0 Å². The Morgan fingerprint density at radius 2 is 1.65 bits per heavy atom. The zero-order chi connectivity index (χ0) is 23.7. The first kappa shape index (κ1) is 21.7. The van der Waals surface area contributed by atoms with Crippen molar-refractivity contribution in [2.24, 2.45) is 0 Å². The molecule has 0 radical (unpaired) electrons. The van der Waals surface area contributed by atoms with E-state index in [1.165, 1.54) is 41.3 Å². The van der Waals surface area contributed by atoms with E-state index < -0.39 is 30.2 Å². The van der Waals surface area contributed by atoms with Crippen LogP contribution in [-0.4, -0.2) is 35.1 Å². The smallest absolute Gasteiger partial charge is 0.415 e. The van der Waals surface area contributed by atoms with E-state index in [4.69, 9.17) is 9.47 Å². The number of aliphatic hydroxyl groups excluding tert-OH is 1. The van der Waals surface area contributed by atoms with Gasteiger partial charge in [-0.3, -0.25) is 4.90 Å². The van der Waals surface area contributed by atoms with Gasteiger partial charge < -0.3 is 19.7 Å². The van der Waals surface area contributed by atoms with E-state index in [0.717, 1.165) is 10.8 Å². The van der Waals surface area contributed by atoms with E-state index in [2.05, 4.69) is 0 Å². The molecule has 4 aromatic rings. The van der Waals surface area contributed by atoms with Gasteiger partial charge in [-0.25, -0.2) is 9.18 Å². The van der Waals surface area contributed by atoms with E-state index in [9.17, 15) is 19.4 Å². The Kier molecular flexibility index (Phi) is 5.77.